The summed E-state index contributed by atoms with van der Waals surface area (Å²) in [5, 5.41) is 5.11. The monoisotopic (exact) mass is 420 g/mol. The van der Waals surface area contributed by atoms with Gasteiger partial charge < -0.3 is 0 Å². The maximum atomic E-state index is 12.4. The Bertz CT molecular complexity index is 1070. The first kappa shape index (κ1) is 19.5. The van der Waals surface area contributed by atoms with Crippen molar-refractivity contribution in [3.63, 3.8) is 0 Å². The maximum Gasteiger partial charge on any atom is 0.257 e. The Balaban J connectivity index is 1.75. The second-order valence-electron chi connectivity index (χ2n) is 6.12. The van der Waals surface area contributed by atoms with Crippen LogP contribution < -0.4 is 5.32 Å². The van der Waals surface area contributed by atoms with Crippen LogP contribution in [0, 0.1) is 0 Å². The third kappa shape index (κ3) is 4.37. The first-order valence-electron chi connectivity index (χ1n) is 8.14. The summed E-state index contributed by atoms with van der Waals surface area (Å²) in [5.74, 6) is -0.351. The zero-order valence-corrected chi connectivity index (χ0v) is 17.0. The number of hydrogen-bond acceptors (Lipinski definition) is 5. The molecule has 8 heteroatoms. The summed E-state index contributed by atoms with van der Waals surface area (Å²) in [6, 6.07) is 13.2. The third-order valence-corrected chi connectivity index (χ3v) is 7.07. The van der Waals surface area contributed by atoms with Crippen molar-refractivity contribution in [3.8, 4) is 11.3 Å². The van der Waals surface area contributed by atoms with Crippen molar-refractivity contribution < 1.29 is 13.2 Å². The molecule has 1 amide bonds. The molecule has 1 aromatic heterocycles. The van der Waals surface area contributed by atoms with E-state index < -0.39 is 15.1 Å². The number of benzene rings is 2. The van der Waals surface area contributed by atoms with Crippen LogP contribution in [0.5, 0.6) is 0 Å². The van der Waals surface area contributed by atoms with Crippen LogP contribution >= 0.6 is 22.9 Å². The van der Waals surface area contributed by atoms with Crippen molar-refractivity contribution in [2.75, 3.05) is 5.32 Å². The van der Waals surface area contributed by atoms with Gasteiger partial charge in [0.2, 0.25) is 0 Å². The lowest BCUT2D eigenvalue weighted by Crippen LogP contribution is -2.15. The highest BCUT2D eigenvalue weighted by Crippen LogP contribution is 2.27. The Morgan fingerprint density at radius 2 is 1.85 bits per heavy atom. The molecule has 0 spiro atoms. The van der Waals surface area contributed by atoms with Crippen molar-refractivity contribution >= 4 is 43.8 Å². The fourth-order valence-corrected chi connectivity index (χ4v) is 4.31. The van der Waals surface area contributed by atoms with Crippen LogP contribution in [0.1, 0.15) is 24.2 Å². The quantitative estimate of drug-likeness (QED) is 0.637. The number of amides is 1. The fraction of sp³-hybridized carbons (Fsp3) is 0.158. The number of halogens is 1. The van der Waals surface area contributed by atoms with E-state index in [1.165, 1.54) is 35.6 Å². The van der Waals surface area contributed by atoms with Crippen molar-refractivity contribution in [2.24, 2.45) is 0 Å². The van der Waals surface area contributed by atoms with Crippen LogP contribution in [0.2, 0.25) is 5.02 Å². The molecule has 2 aromatic carbocycles. The molecule has 1 heterocycles. The Kier molecular flexibility index (Phi) is 5.64. The van der Waals surface area contributed by atoms with E-state index >= 15 is 0 Å². The number of hydrogen-bond donors (Lipinski definition) is 1. The topological polar surface area (TPSA) is 76.1 Å². The van der Waals surface area contributed by atoms with Crippen LogP contribution in [0.15, 0.2) is 58.8 Å². The highest BCUT2D eigenvalue weighted by atomic mass is 35.5. The van der Waals surface area contributed by atoms with Gasteiger partial charge in [0.15, 0.2) is 15.0 Å². The van der Waals surface area contributed by atoms with E-state index in [0.29, 0.717) is 15.7 Å². The largest absolute Gasteiger partial charge is 0.298 e. The minimum absolute atomic E-state index is 0.201. The Morgan fingerprint density at radius 1 is 1.15 bits per heavy atom. The molecule has 0 aliphatic rings. The summed E-state index contributed by atoms with van der Waals surface area (Å²) >= 11 is 7.30. The second-order valence-corrected chi connectivity index (χ2v) is 9.92. The minimum atomic E-state index is -3.36. The molecule has 0 saturated heterocycles. The number of aromatic nitrogens is 1. The average Bonchev–Trinajstić information content (AvgIpc) is 3.10. The smallest absolute Gasteiger partial charge is 0.257 e. The number of thiazole rings is 1. The SMILES string of the molecule is CC(C)S(=O)(=O)c1ccc(C(=O)Nc2nc(-c3cccc(Cl)c3)cs2)cc1. The Morgan fingerprint density at radius 3 is 2.48 bits per heavy atom. The van der Waals surface area contributed by atoms with E-state index in [1.54, 1.807) is 26.0 Å². The predicted molar refractivity (Wildman–Crippen MR) is 109 cm³/mol. The molecule has 0 bridgehead atoms. The molecule has 1 N–H and O–H groups in total. The van der Waals surface area contributed by atoms with Gasteiger partial charge in [-0.25, -0.2) is 13.4 Å². The zero-order chi connectivity index (χ0) is 19.6. The van der Waals surface area contributed by atoms with Crippen LogP contribution in [0.4, 0.5) is 5.13 Å². The summed E-state index contributed by atoms with van der Waals surface area (Å²) in [5.41, 5.74) is 1.94. The fourth-order valence-electron chi connectivity index (χ4n) is 2.35. The second kappa shape index (κ2) is 7.80. The molecule has 0 saturated carbocycles. The highest BCUT2D eigenvalue weighted by Gasteiger charge is 2.19. The lowest BCUT2D eigenvalue weighted by atomic mass is 10.2. The van der Waals surface area contributed by atoms with E-state index in [4.69, 9.17) is 11.6 Å². The van der Waals surface area contributed by atoms with Gasteiger partial charge in [-0.3, -0.25) is 10.1 Å². The van der Waals surface area contributed by atoms with Gasteiger partial charge in [-0.15, -0.1) is 11.3 Å². The molecule has 0 radical (unpaired) electrons. The van der Waals surface area contributed by atoms with E-state index in [0.717, 1.165) is 11.3 Å². The lowest BCUT2D eigenvalue weighted by Gasteiger charge is -2.08. The molecule has 3 rings (SSSR count). The molecule has 0 fully saturated rings. The molecule has 0 atom stereocenters. The van der Waals surface area contributed by atoms with Gasteiger partial charge in [-0.05, 0) is 50.2 Å². The number of nitrogens with zero attached hydrogens (tertiary/aromatic N) is 1. The van der Waals surface area contributed by atoms with Gasteiger partial charge >= 0.3 is 0 Å². The molecule has 0 aliphatic carbocycles. The van der Waals surface area contributed by atoms with E-state index in [9.17, 15) is 13.2 Å². The van der Waals surface area contributed by atoms with Crippen molar-refractivity contribution in [1.29, 1.82) is 0 Å². The van der Waals surface area contributed by atoms with E-state index in [1.807, 2.05) is 17.5 Å². The van der Waals surface area contributed by atoms with Gasteiger partial charge in [0.1, 0.15) is 0 Å². The zero-order valence-electron chi connectivity index (χ0n) is 14.6. The number of rotatable bonds is 5. The molecule has 0 aliphatic heterocycles. The molecular formula is C19H17ClN2O3S2. The van der Waals surface area contributed by atoms with Crippen LogP contribution in [-0.4, -0.2) is 24.6 Å². The first-order valence-corrected chi connectivity index (χ1v) is 10.9. The number of carbonyl (C=O) groups is 1. The number of anilines is 1. The summed E-state index contributed by atoms with van der Waals surface area (Å²) in [4.78, 5) is 17.0. The number of nitrogens with one attached hydrogen (secondary N) is 1. The first-order chi connectivity index (χ1) is 12.8. The van der Waals surface area contributed by atoms with Gasteiger partial charge in [0.25, 0.3) is 5.91 Å². The Labute approximate surface area is 167 Å². The van der Waals surface area contributed by atoms with Gasteiger partial charge in [-0.1, -0.05) is 23.7 Å². The van der Waals surface area contributed by atoms with Crippen LogP contribution in [0.3, 0.4) is 0 Å². The molecule has 0 unspecified atom stereocenters. The molecule has 27 heavy (non-hydrogen) atoms. The van der Waals surface area contributed by atoms with Crippen molar-refractivity contribution in [1.82, 2.24) is 4.98 Å². The standard InChI is InChI=1S/C19H17ClN2O3S2/c1-12(2)27(24,25)16-8-6-13(7-9-16)18(23)22-19-21-17(11-26-19)14-4-3-5-15(20)10-14/h3-12H,1-2H3,(H,21,22,23). The summed E-state index contributed by atoms with van der Waals surface area (Å²) in [7, 11) is -3.36. The Hall–Kier alpha value is -2.22. The predicted octanol–water partition coefficient (Wildman–Crippen LogP) is 4.90. The summed E-state index contributed by atoms with van der Waals surface area (Å²) in [6.07, 6.45) is 0. The van der Waals surface area contributed by atoms with Crippen LogP contribution in [0.25, 0.3) is 11.3 Å². The number of carbonyl (C=O) groups excluding carboxylic acids is 1. The van der Waals surface area contributed by atoms with Crippen molar-refractivity contribution in [2.45, 2.75) is 24.0 Å². The third-order valence-electron chi connectivity index (χ3n) is 3.91. The molecule has 140 valence electrons. The van der Waals surface area contributed by atoms with Crippen molar-refractivity contribution in [3.05, 3.63) is 64.5 Å². The van der Waals surface area contributed by atoms with E-state index in [-0.39, 0.29) is 10.8 Å². The average molecular weight is 421 g/mol. The summed E-state index contributed by atoms with van der Waals surface area (Å²) < 4.78 is 24.3. The molecule has 5 nitrogen and oxygen atoms in total. The number of sulfone groups is 1. The van der Waals surface area contributed by atoms with Crippen LogP contribution in [-0.2, 0) is 9.84 Å². The highest BCUT2D eigenvalue weighted by molar-refractivity contribution is 7.92. The van der Waals surface area contributed by atoms with Gasteiger partial charge in [0, 0.05) is 21.5 Å². The minimum Gasteiger partial charge on any atom is -0.298 e. The molecular weight excluding hydrogens is 404 g/mol. The normalized spacial score (nSPS) is 11.6. The van der Waals surface area contributed by atoms with Gasteiger partial charge in [0.05, 0.1) is 15.8 Å². The van der Waals surface area contributed by atoms with E-state index in [2.05, 4.69) is 10.3 Å². The maximum absolute atomic E-state index is 12.4. The lowest BCUT2D eigenvalue weighted by molar-refractivity contribution is 0.102. The molecule has 3 aromatic rings. The summed E-state index contributed by atoms with van der Waals surface area (Å²) in [6.45, 7) is 3.24. The van der Waals surface area contributed by atoms with Gasteiger partial charge in [-0.2, -0.15) is 0 Å².